The molecular formula is C83H79ClF17N3O3. The molecule has 0 aliphatic carbocycles. The first-order valence-electron chi connectivity index (χ1n) is 33.8. The highest BCUT2D eigenvalue weighted by molar-refractivity contribution is 6.31. The van der Waals surface area contributed by atoms with Crippen molar-refractivity contribution in [2.75, 3.05) is 35.8 Å². The highest BCUT2D eigenvalue weighted by Crippen LogP contribution is 2.44. The summed E-state index contributed by atoms with van der Waals surface area (Å²) < 4.78 is 225. The Balaban J connectivity index is 0.000000224. The van der Waals surface area contributed by atoms with Crippen molar-refractivity contribution in [2.45, 2.75) is 130 Å². The number of hydrogen-bond donors (Lipinski definition) is 0. The van der Waals surface area contributed by atoms with E-state index in [0.717, 1.165) is 66.7 Å². The number of hydrogen-bond acceptors (Lipinski definition) is 6. The molecule has 0 saturated heterocycles. The van der Waals surface area contributed by atoms with Gasteiger partial charge in [-0.05, 0) is 229 Å². The van der Waals surface area contributed by atoms with Crippen LogP contribution in [0.1, 0.15) is 144 Å². The number of halogens is 18. The Morgan fingerprint density at radius 2 is 0.607 bits per heavy atom. The summed E-state index contributed by atoms with van der Waals surface area (Å²) in [7, 11) is 4.82. The van der Waals surface area contributed by atoms with Gasteiger partial charge in [0.05, 0.1) is 32.8 Å². The molecule has 3 atom stereocenters. The fourth-order valence-corrected chi connectivity index (χ4v) is 12.4. The van der Waals surface area contributed by atoms with Crippen LogP contribution >= 0.6 is 11.6 Å². The fraction of sp³-hybridized carbons (Fsp3) is 0.313. The molecule has 3 unspecified atom stereocenters. The molecule has 570 valence electrons. The smallest absolute Gasteiger partial charge is 0.345 e. The predicted octanol–water partition coefficient (Wildman–Crippen LogP) is 26.5. The summed E-state index contributed by atoms with van der Waals surface area (Å²) in [6.45, 7) is 16.3. The Labute approximate surface area is 615 Å². The van der Waals surface area contributed by atoms with Crippen LogP contribution in [-0.2, 0) is 45.3 Å². The molecule has 0 fully saturated rings. The third-order valence-corrected chi connectivity index (χ3v) is 18.2. The molecule has 0 aliphatic rings. The number of anilines is 6. The minimum absolute atomic E-state index is 0.0383. The van der Waals surface area contributed by atoms with Crippen molar-refractivity contribution in [3.8, 4) is 33.4 Å². The average molecular weight is 1520 g/mol. The number of benzene rings is 9. The van der Waals surface area contributed by atoms with E-state index in [1.54, 1.807) is 85.5 Å². The summed E-state index contributed by atoms with van der Waals surface area (Å²) in [6, 6.07) is 41.2. The standard InChI is InChI=1S/C28H26ClF6NO.C28H27F6NO.C27H26F5NO/c1-16(2)11-24(17(3)37)20-12-19(18-5-7-21(8-6-18)27(30,31)32)13-23(14-20)36(4)22-9-10-26(29)25(15-22)28(33,34)35;1-17(2)12-26(18(3)36)21-13-20(19-8-10-22(11-9-19)27(29,30)31)14-25(15-21)35(4)24-7-5-6-23(16-24)28(32,33)34;1-16(2)9-26(17(3)34)20-10-19(18-5-7-21(8-6-18)27(30,31)32)11-24(12-20)33(4)25-14-22(28)13-23(29)15-25/h5-10,12-16,24H,11H2,1-4H3;5-11,13-17,26H,12H2,1-4H3;5-8,10-16,26H,9H2,1-4H3. The average Bonchev–Trinajstić information content (AvgIpc) is 0.798. The number of nitrogens with zero attached hydrogens (tertiary/aromatic N) is 3. The van der Waals surface area contributed by atoms with Crippen molar-refractivity contribution in [1.82, 2.24) is 0 Å². The molecule has 0 bridgehead atoms. The molecule has 0 aromatic heterocycles. The zero-order chi connectivity index (χ0) is 79.7. The summed E-state index contributed by atoms with van der Waals surface area (Å²) in [6.07, 6.45) is -20.9. The molecule has 9 aromatic carbocycles. The van der Waals surface area contributed by atoms with Crippen molar-refractivity contribution in [3.05, 3.63) is 249 Å². The summed E-state index contributed by atoms with van der Waals surface area (Å²) in [5.41, 5.74) is 3.31. The van der Waals surface area contributed by atoms with Crippen molar-refractivity contribution < 1.29 is 89.0 Å². The van der Waals surface area contributed by atoms with E-state index in [2.05, 4.69) is 0 Å². The number of alkyl halides is 15. The van der Waals surface area contributed by atoms with E-state index < -0.39 is 93.1 Å². The number of carbonyl (C=O) groups is 3. The molecule has 9 rings (SSSR count). The molecule has 0 spiro atoms. The number of carbonyl (C=O) groups excluding carboxylic acids is 3. The van der Waals surface area contributed by atoms with E-state index in [-0.39, 0.29) is 52.2 Å². The first-order valence-corrected chi connectivity index (χ1v) is 34.2. The number of rotatable bonds is 21. The van der Waals surface area contributed by atoms with Crippen molar-refractivity contribution in [1.29, 1.82) is 0 Å². The van der Waals surface area contributed by atoms with E-state index in [4.69, 9.17) is 11.6 Å². The van der Waals surface area contributed by atoms with E-state index in [1.807, 2.05) is 41.5 Å². The van der Waals surface area contributed by atoms with Crippen LogP contribution in [-0.4, -0.2) is 38.5 Å². The topological polar surface area (TPSA) is 60.9 Å². The quantitative estimate of drug-likeness (QED) is 0.0668. The molecule has 9 aromatic rings. The van der Waals surface area contributed by atoms with Gasteiger partial charge in [0, 0.05) is 79.1 Å². The van der Waals surface area contributed by atoms with Gasteiger partial charge < -0.3 is 14.7 Å². The summed E-state index contributed by atoms with van der Waals surface area (Å²) in [5, 5.41) is -0.433. The maximum Gasteiger partial charge on any atom is 0.417 e. The molecule has 0 N–H and O–H groups in total. The van der Waals surface area contributed by atoms with Crippen molar-refractivity contribution >= 4 is 63.1 Å². The molecular weight excluding hydrogens is 1450 g/mol. The second kappa shape index (κ2) is 34.6. The molecule has 6 nitrogen and oxygen atoms in total. The molecule has 0 radical (unpaired) electrons. The van der Waals surface area contributed by atoms with Gasteiger partial charge in [-0.25, -0.2) is 8.78 Å². The first kappa shape index (κ1) is 84.7. The Kier molecular flexibility index (Phi) is 27.4. The summed E-state index contributed by atoms with van der Waals surface area (Å²) >= 11 is 5.78. The lowest BCUT2D eigenvalue weighted by Crippen LogP contribution is -2.15. The lowest BCUT2D eigenvalue weighted by Gasteiger charge is -2.25. The normalized spacial score (nSPS) is 12.9. The fourth-order valence-electron chi connectivity index (χ4n) is 12.2. The van der Waals surface area contributed by atoms with E-state index in [9.17, 15) is 89.0 Å². The van der Waals surface area contributed by atoms with Gasteiger partial charge in [-0.2, -0.15) is 65.9 Å². The Morgan fingerprint density at radius 1 is 0.318 bits per heavy atom. The maximum absolute atomic E-state index is 13.8. The van der Waals surface area contributed by atoms with Gasteiger partial charge in [-0.1, -0.05) is 114 Å². The lowest BCUT2D eigenvalue weighted by molar-refractivity contribution is -0.138. The first-order chi connectivity index (χ1) is 49.6. The van der Waals surface area contributed by atoms with Gasteiger partial charge in [-0.3, -0.25) is 14.4 Å². The number of Topliss-reactive ketones (excluding diaryl/α,β-unsaturated/α-hetero) is 3. The summed E-state index contributed by atoms with van der Waals surface area (Å²) in [4.78, 5) is 42.2. The van der Waals surface area contributed by atoms with Gasteiger partial charge in [0.1, 0.15) is 29.0 Å². The molecule has 0 heterocycles. The van der Waals surface area contributed by atoms with Gasteiger partial charge >= 0.3 is 30.9 Å². The third-order valence-electron chi connectivity index (χ3n) is 17.9. The van der Waals surface area contributed by atoms with Gasteiger partial charge in [-0.15, -0.1) is 0 Å². The van der Waals surface area contributed by atoms with Crippen molar-refractivity contribution in [3.63, 3.8) is 0 Å². The van der Waals surface area contributed by atoms with Gasteiger partial charge in [0.15, 0.2) is 0 Å². The van der Waals surface area contributed by atoms with E-state index in [0.29, 0.717) is 86.4 Å². The largest absolute Gasteiger partial charge is 0.417 e. The van der Waals surface area contributed by atoms with Crippen LogP contribution in [0, 0.1) is 29.4 Å². The zero-order valence-electron chi connectivity index (χ0n) is 60.4. The van der Waals surface area contributed by atoms with Crippen LogP contribution in [0.3, 0.4) is 0 Å². The van der Waals surface area contributed by atoms with Crippen LogP contribution in [0.25, 0.3) is 33.4 Å². The Hall–Kier alpha value is -9.51. The second-order valence-corrected chi connectivity index (χ2v) is 28.0. The maximum atomic E-state index is 13.8. The van der Waals surface area contributed by atoms with Crippen molar-refractivity contribution in [2.24, 2.45) is 17.8 Å². The minimum Gasteiger partial charge on any atom is -0.345 e. The highest BCUT2D eigenvalue weighted by atomic mass is 35.5. The van der Waals surface area contributed by atoms with Crippen LogP contribution in [0.15, 0.2) is 188 Å². The molecule has 107 heavy (non-hydrogen) atoms. The van der Waals surface area contributed by atoms with E-state index in [1.165, 1.54) is 92.4 Å². The monoisotopic (exact) mass is 1520 g/mol. The van der Waals surface area contributed by atoms with Gasteiger partial charge in [0.2, 0.25) is 0 Å². The van der Waals surface area contributed by atoms with Gasteiger partial charge in [0.25, 0.3) is 0 Å². The highest BCUT2D eigenvalue weighted by Gasteiger charge is 2.36. The SMILES string of the molecule is CC(=O)C(CC(C)C)c1cc(-c2ccc(C(F)(F)F)cc2)cc(N(C)c2cc(F)cc(F)c2)c1.CC(=O)C(CC(C)C)c1cc(-c2ccc(C(F)(F)F)cc2)cc(N(C)c2ccc(Cl)c(C(F)(F)F)c2)c1.CC(=O)C(CC(C)C)c1cc(-c2ccc(C(F)(F)F)cc2)cc(N(C)c2cccc(C(F)(F)F)c2)c1. The predicted molar refractivity (Wildman–Crippen MR) is 388 cm³/mol. The molecule has 0 aliphatic heterocycles. The Morgan fingerprint density at radius 3 is 0.888 bits per heavy atom. The third kappa shape index (κ3) is 23.0. The molecule has 0 amide bonds. The van der Waals surface area contributed by atoms with Crippen LogP contribution in [0.4, 0.5) is 109 Å². The lowest BCUT2D eigenvalue weighted by atomic mass is 9.85. The molecule has 0 saturated carbocycles. The zero-order valence-corrected chi connectivity index (χ0v) is 61.1. The number of ketones is 3. The second-order valence-electron chi connectivity index (χ2n) is 27.6. The Bertz CT molecular complexity index is 4540. The van der Waals surface area contributed by atoms with Crippen LogP contribution < -0.4 is 14.7 Å². The summed E-state index contributed by atoms with van der Waals surface area (Å²) in [5.74, 6) is -2.45. The van der Waals surface area contributed by atoms with Crippen LogP contribution in [0.2, 0.25) is 5.02 Å². The van der Waals surface area contributed by atoms with E-state index >= 15 is 0 Å². The minimum atomic E-state index is -4.65. The molecule has 24 heteroatoms. The van der Waals surface area contributed by atoms with Crippen LogP contribution in [0.5, 0.6) is 0 Å².